The van der Waals surface area contributed by atoms with E-state index in [1.54, 1.807) is 18.2 Å². The molecule has 5 rings (SSSR count). The lowest BCUT2D eigenvalue weighted by Crippen LogP contribution is -2.54. The second kappa shape index (κ2) is 8.96. The molecule has 3 aliphatic rings. The van der Waals surface area contributed by atoms with Crippen LogP contribution in [0.5, 0.6) is 5.75 Å². The summed E-state index contributed by atoms with van der Waals surface area (Å²) in [6.45, 7) is 3.32. The van der Waals surface area contributed by atoms with Gasteiger partial charge in [-0.15, -0.1) is 0 Å². The molecule has 184 valence electrons. The van der Waals surface area contributed by atoms with E-state index in [1.807, 2.05) is 12.1 Å². The summed E-state index contributed by atoms with van der Waals surface area (Å²) in [7, 11) is -3.36. The van der Waals surface area contributed by atoms with E-state index in [9.17, 15) is 18.5 Å². The number of nitrogens with zero attached hydrogens (tertiary/aromatic N) is 2. The molecule has 2 aromatic rings. The first-order valence-corrected chi connectivity index (χ1v) is 14.1. The van der Waals surface area contributed by atoms with Crippen LogP contribution in [-0.2, 0) is 27.5 Å². The molecule has 0 saturated carbocycles. The maximum atomic E-state index is 12.1. The zero-order chi connectivity index (χ0) is 24.8. The fourth-order valence-electron chi connectivity index (χ4n) is 5.97. The van der Waals surface area contributed by atoms with E-state index in [4.69, 9.17) is 4.74 Å². The van der Waals surface area contributed by atoms with Crippen LogP contribution in [0.1, 0.15) is 60.9 Å². The number of rotatable bonds is 3. The van der Waals surface area contributed by atoms with Gasteiger partial charge in [0.1, 0.15) is 11.4 Å². The second-order valence-electron chi connectivity index (χ2n) is 10.2. The summed E-state index contributed by atoms with van der Waals surface area (Å²) in [6, 6.07) is 13.5. The highest BCUT2D eigenvalue weighted by molar-refractivity contribution is 7.90. The number of benzene rings is 2. The number of fused-ring (bicyclic) bond motifs is 2. The third kappa shape index (κ3) is 4.80. The van der Waals surface area contributed by atoms with Crippen molar-refractivity contribution >= 4 is 15.7 Å². The van der Waals surface area contributed by atoms with Crippen LogP contribution in [0.15, 0.2) is 41.3 Å². The topological polar surface area (TPSA) is 99.5 Å². The van der Waals surface area contributed by atoms with Crippen LogP contribution in [0.4, 0.5) is 0 Å². The van der Waals surface area contributed by atoms with Gasteiger partial charge in [0.05, 0.1) is 22.6 Å². The fourth-order valence-corrected chi connectivity index (χ4v) is 6.63. The Morgan fingerprint density at radius 1 is 1.17 bits per heavy atom. The van der Waals surface area contributed by atoms with E-state index < -0.39 is 9.84 Å². The summed E-state index contributed by atoms with van der Waals surface area (Å²) in [4.78, 5) is 14.8. The highest BCUT2D eigenvalue weighted by Crippen LogP contribution is 2.45. The van der Waals surface area contributed by atoms with Gasteiger partial charge in [0.2, 0.25) is 5.91 Å². The zero-order valence-corrected chi connectivity index (χ0v) is 21.0. The van der Waals surface area contributed by atoms with E-state index in [1.165, 1.54) is 24.3 Å². The third-order valence-corrected chi connectivity index (χ3v) is 8.94. The molecule has 2 unspecified atom stereocenters. The highest BCUT2D eigenvalue weighted by atomic mass is 32.2. The minimum atomic E-state index is -3.36. The number of carbonyl (C=O) groups excluding carboxylic acids is 1. The van der Waals surface area contributed by atoms with E-state index in [0.717, 1.165) is 56.3 Å². The number of hydrogen-bond acceptors (Lipinski definition) is 6. The molecule has 2 aliphatic heterocycles. The van der Waals surface area contributed by atoms with Gasteiger partial charge < -0.3 is 10.1 Å². The minimum Gasteiger partial charge on any atom is -0.487 e. The van der Waals surface area contributed by atoms with Crippen LogP contribution in [-0.4, -0.2) is 50.2 Å². The number of ether oxygens (including phenoxy) is 1. The number of carbonyl (C=O) groups is 1. The summed E-state index contributed by atoms with van der Waals surface area (Å²) < 4.78 is 30.7. The van der Waals surface area contributed by atoms with Gasteiger partial charge in [-0.05, 0) is 73.6 Å². The van der Waals surface area contributed by atoms with E-state index in [2.05, 4.69) is 22.4 Å². The molecule has 1 amide bonds. The van der Waals surface area contributed by atoms with Crippen molar-refractivity contribution in [2.75, 3.05) is 19.3 Å². The van der Waals surface area contributed by atoms with Crippen molar-refractivity contribution in [1.29, 1.82) is 5.26 Å². The number of hydrogen-bond donors (Lipinski definition) is 1. The smallest absolute Gasteiger partial charge is 0.217 e. The molecule has 1 N–H and O–H groups in total. The maximum Gasteiger partial charge on any atom is 0.217 e. The van der Waals surface area contributed by atoms with Crippen molar-refractivity contribution in [3.05, 3.63) is 58.7 Å². The van der Waals surface area contributed by atoms with Crippen molar-refractivity contribution in [1.82, 2.24) is 10.2 Å². The SMILES string of the molecule is CC(=O)NC1CC2(CCN(C3CCc4cc(C#N)ccc4C3)CC2)Oc2ccc(S(C)(=O)=O)cc21. The lowest BCUT2D eigenvalue weighted by molar-refractivity contribution is -0.120. The number of piperidine rings is 1. The van der Waals surface area contributed by atoms with Crippen LogP contribution in [0.3, 0.4) is 0 Å². The summed E-state index contributed by atoms with van der Waals surface area (Å²) in [5.74, 6) is 0.524. The molecule has 1 aliphatic carbocycles. The van der Waals surface area contributed by atoms with Crippen LogP contribution in [0.2, 0.25) is 0 Å². The number of aryl methyl sites for hydroxylation is 1. The molecule has 35 heavy (non-hydrogen) atoms. The number of likely N-dealkylation sites (tertiary alicyclic amines) is 1. The Labute approximate surface area is 207 Å². The van der Waals surface area contributed by atoms with E-state index in [0.29, 0.717) is 18.2 Å². The Bertz CT molecular complexity index is 1310. The van der Waals surface area contributed by atoms with Gasteiger partial charge in [-0.25, -0.2) is 8.42 Å². The molecule has 0 radical (unpaired) electrons. The standard InChI is InChI=1S/C27H31N3O4S/c1-18(31)29-25-16-27(34-26-8-7-23(15-24(25)26)35(2,32)33)9-11-30(12-10-27)22-6-5-20-13-19(17-28)3-4-21(20)14-22/h3-4,7-8,13,15,22,25H,5-6,9-12,14,16H2,1-2H3,(H,29,31). The summed E-state index contributed by atoms with van der Waals surface area (Å²) >= 11 is 0. The molecule has 8 heteroatoms. The second-order valence-corrected chi connectivity index (χ2v) is 12.3. The maximum absolute atomic E-state index is 12.1. The molecule has 1 spiro atoms. The van der Waals surface area contributed by atoms with Gasteiger partial charge in [0.25, 0.3) is 0 Å². The number of nitrogens with one attached hydrogen (secondary N) is 1. The van der Waals surface area contributed by atoms with Gasteiger partial charge in [-0.1, -0.05) is 6.07 Å². The quantitative estimate of drug-likeness (QED) is 0.704. The molecule has 7 nitrogen and oxygen atoms in total. The number of sulfone groups is 1. The lowest BCUT2D eigenvalue weighted by Gasteiger charge is -2.49. The molecule has 1 fully saturated rings. The average Bonchev–Trinajstić information content (AvgIpc) is 2.82. The Morgan fingerprint density at radius 2 is 1.94 bits per heavy atom. The largest absolute Gasteiger partial charge is 0.487 e. The number of amides is 1. The van der Waals surface area contributed by atoms with Gasteiger partial charge in [-0.3, -0.25) is 9.69 Å². The van der Waals surface area contributed by atoms with Gasteiger partial charge in [-0.2, -0.15) is 5.26 Å². The Morgan fingerprint density at radius 3 is 2.63 bits per heavy atom. The molecular weight excluding hydrogens is 462 g/mol. The highest BCUT2D eigenvalue weighted by Gasteiger charge is 2.45. The summed E-state index contributed by atoms with van der Waals surface area (Å²) in [5, 5.41) is 12.2. The van der Waals surface area contributed by atoms with Crippen LogP contribution < -0.4 is 10.1 Å². The lowest BCUT2D eigenvalue weighted by atomic mass is 9.79. The van der Waals surface area contributed by atoms with Crippen LogP contribution in [0, 0.1) is 11.3 Å². The first kappa shape index (κ1) is 23.8. The average molecular weight is 494 g/mol. The van der Waals surface area contributed by atoms with E-state index in [-0.39, 0.29) is 22.4 Å². The molecular formula is C27H31N3O4S. The Balaban J connectivity index is 1.32. The Hall–Kier alpha value is -2.89. The molecule has 0 bridgehead atoms. The van der Waals surface area contributed by atoms with Crippen molar-refractivity contribution in [2.24, 2.45) is 0 Å². The minimum absolute atomic E-state index is 0.138. The normalized spacial score (nSPS) is 23.5. The fraction of sp³-hybridized carbons (Fsp3) is 0.481. The summed E-state index contributed by atoms with van der Waals surface area (Å²) in [6.07, 6.45) is 6.61. The van der Waals surface area contributed by atoms with Crippen LogP contribution in [0.25, 0.3) is 0 Å². The molecule has 2 heterocycles. The number of nitriles is 1. The van der Waals surface area contributed by atoms with Crippen molar-refractivity contribution in [2.45, 2.75) is 68.0 Å². The molecule has 0 aromatic heterocycles. The van der Waals surface area contributed by atoms with Gasteiger partial charge in [0.15, 0.2) is 9.84 Å². The van der Waals surface area contributed by atoms with Crippen LogP contribution >= 0.6 is 0 Å². The molecule has 2 atom stereocenters. The first-order valence-electron chi connectivity index (χ1n) is 12.2. The van der Waals surface area contributed by atoms with E-state index >= 15 is 0 Å². The monoisotopic (exact) mass is 493 g/mol. The van der Waals surface area contributed by atoms with Crippen molar-refractivity contribution in [3.63, 3.8) is 0 Å². The zero-order valence-electron chi connectivity index (χ0n) is 20.2. The Kier molecular flexibility index (Phi) is 6.10. The predicted octanol–water partition coefficient (Wildman–Crippen LogP) is 3.31. The summed E-state index contributed by atoms with van der Waals surface area (Å²) in [5.41, 5.74) is 3.73. The van der Waals surface area contributed by atoms with Gasteiger partial charge in [0, 0.05) is 44.3 Å². The predicted molar refractivity (Wildman–Crippen MR) is 132 cm³/mol. The van der Waals surface area contributed by atoms with Gasteiger partial charge >= 0.3 is 0 Å². The van der Waals surface area contributed by atoms with Crippen molar-refractivity contribution < 1.29 is 17.9 Å². The first-order chi connectivity index (χ1) is 16.7. The third-order valence-electron chi connectivity index (χ3n) is 7.83. The molecule has 2 aromatic carbocycles. The van der Waals surface area contributed by atoms with Crippen molar-refractivity contribution in [3.8, 4) is 11.8 Å². The molecule has 1 saturated heterocycles.